The molecule has 1 amide bonds. The monoisotopic (exact) mass is 251 g/mol. The van der Waals surface area contributed by atoms with Crippen LogP contribution in [0.1, 0.15) is 30.6 Å². The van der Waals surface area contributed by atoms with Gasteiger partial charge in [0.2, 0.25) is 5.91 Å². The van der Waals surface area contributed by atoms with Crippen molar-refractivity contribution in [2.45, 2.75) is 20.3 Å². The molecule has 0 saturated heterocycles. The molecule has 1 aliphatic rings. The van der Waals surface area contributed by atoms with Crippen molar-refractivity contribution in [2.24, 2.45) is 11.3 Å². The Labute approximate surface area is 104 Å². The first-order chi connectivity index (χ1) is 8.31. The number of nitrogens with one attached hydrogen (secondary N) is 1. The van der Waals surface area contributed by atoms with Gasteiger partial charge in [-0.3, -0.25) is 4.79 Å². The first kappa shape index (κ1) is 12.5. The molecule has 18 heavy (non-hydrogen) atoms. The van der Waals surface area contributed by atoms with Gasteiger partial charge >= 0.3 is 5.97 Å². The van der Waals surface area contributed by atoms with Crippen molar-refractivity contribution >= 4 is 17.6 Å². The molecule has 1 saturated carbocycles. The number of hydrogen-bond acceptors (Lipinski definition) is 2. The molecular weight excluding hydrogens is 237 g/mol. The summed E-state index contributed by atoms with van der Waals surface area (Å²) < 4.78 is 13.6. The molecule has 2 rings (SSSR count). The molecule has 0 aromatic heterocycles. The second-order valence-electron chi connectivity index (χ2n) is 5.23. The van der Waals surface area contributed by atoms with Crippen LogP contribution in [0.2, 0.25) is 0 Å². The minimum Gasteiger partial charge on any atom is -0.478 e. The highest BCUT2D eigenvalue weighted by Crippen LogP contribution is 2.52. The Kier molecular flexibility index (Phi) is 2.84. The van der Waals surface area contributed by atoms with Gasteiger partial charge in [-0.05, 0) is 30.0 Å². The minimum absolute atomic E-state index is 0.0210. The molecule has 0 spiro atoms. The van der Waals surface area contributed by atoms with Crippen molar-refractivity contribution in [1.82, 2.24) is 0 Å². The summed E-state index contributed by atoms with van der Waals surface area (Å²) >= 11 is 0. The third-order valence-electron chi connectivity index (χ3n) is 3.30. The molecule has 1 aliphatic carbocycles. The van der Waals surface area contributed by atoms with Crippen LogP contribution < -0.4 is 5.32 Å². The molecule has 2 N–H and O–H groups in total. The Morgan fingerprint density at radius 3 is 2.50 bits per heavy atom. The van der Waals surface area contributed by atoms with Gasteiger partial charge in [-0.15, -0.1) is 0 Å². The van der Waals surface area contributed by atoms with E-state index in [1.165, 1.54) is 12.1 Å². The van der Waals surface area contributed by atoms with Crippen LogP contribution in [0.25, 0.3) is 0 Å². The Bertz CT molecular complexity index is 525. The summed E-state index contributed by atoms with van der Waals surface area (Å²) in [5, 5.41) is 11.2. The average molecular weight is 251 g/mol. The second kappa shape index (κ2) is 4.08. The maximum Gasteiger partial charge on any atom is 0.335 e. The number of benzene rings is 1. The van der Waals surface area contributed by atoms with E-state index in [0.29, 0.717) is 0 Å². The summed E-state index contributed by atoms with van der Waals surface area (Å²) in [5.41, 5.74) is -0.147. The Morgan fingerprint density at radius 2 is 2.06 bits per heavy atom. The largest absolute Gasteiger partial charge is 0.478 e. The third kappa shape index (κ3) is 2.34. The summed E-state index contributed by atoms with van der Waals surface area (Å²) in [6.07, 6.45) is 0.785. The van der Waals surface area contributed by atoms with Crippen molar-refractivity contribution in [3.8, 4) is 0 Å². The fourth-order valence-electron chi connectivity index (χ4n) is 1.88. The quantitative estimate of drug-likeness (QED) is 0.867. The van der Waals surface area contributed by atoms with E-state index in [2.05, 4.69) is 5.32 Å². The zero-order valence-electron chi connectivity index (χ0n) is 10.2. The van der Waals surface area contributed by atoms with Crippen LogP contribution in [0.3, 0.4) is 0 Å². The number of carbonyl (C=O) groups is 2. The third-order valence-corrected chi connectivity index (χ3v) is 3.30. The van der Waals surface area contributed by atoms with E-state index in [1.54, 1.807) is 0 Å². The molecular formula is C13H14FNO3. The zero-order chi connectivity index (χ0) is 13.5. The SMILES string of the molecule is CC1(C)CC1C(=O)Nc1ccc(C(=O)O)cc1F. The van der Waals surface area contributed by atoms with Crippen molar-refractivity contribution in [3.63, 3.8) is 0 Å². The lowest BCUT2D eigenvalue weighted by Gasteiger charge is -2.08. The maximum absolute atomic E-state index is 13.6. The molecule has 1 atom stereocenters. The van der Waals surface area contributed by atoms with Gasteiger partial charge in [-0.25, -0.2) is 9.18 Å². The molecule has 1 fully saturated rings. The van der Waals surface area contributed by atoms with E-state index in [-0.39, 0.29) is 28.5 Å². The smallest absolute Gasteiger partial charge is 0.335 e. The number of carboxylic acid groups (broad SMARTS) is 1. The van der Waals surface area contributed by atoms with E-state index >= 15 is 0 Å². The van der Waals surface area contributed by atoms with Crippen molar-refractivity contribution in [3.05, 3.63) is 29.6 Å². The number of hydrogen-bond donors (Lipinski definition) is 2. The Hall–Kier alpha value is -1.91. The summed E-state index contributed by atoms with van der Waals surface area (Å²) in [6, 6.07) is 3.43. The minimum atomic E-state index is -1.20. The average Bonchev–Trinajstić information content (AvgIpc) is 2.90. The number of rotatable bonds is 3. The van der Waals surface area contributed by atoms with Gasteiger partial charge in [0.05, 0.1) is 11.3 Å². The molecule has 0 heterocycles. The number of halogens is 1. The number of carboxylic acids is 1. The molecule has 0 radical (unpaired) electrons. The van der Waals surface area contributed by atoms with Gasteiger partial charge in [0.15, 0.2) is 0 Å². The highest BCUT2D eigenvalue weighted by molar-refractivity contribution is 5.95. The van der Waals surface area contributed by atoms with Crippen LogP contribution in [0.4, 0.5) is 10.1 Å². The summed E-state index contributed by atoms with van der Waals surface area (Å²) in [6.45, 7) is 3.95. The standard InChI is InChI=1S/C13H14FNO3/c1-13(2)6-8(13)11(16)15-10-4-3-7(12(17)18)5-9(10)14/h3-5,8H,6H2,1-2H3,(H,15,16)(H,17,18). The predicted octanol–water partition coefficient (Wildman–Crippen LogP) is 2.51. The molecule has 1 aromatic carbocycles. The van der Waals surface area contributed by atoms with E-state index in [9.17, 15) is 14.0 Å². The highest BCUT2D eigenvalue weighted by atomic mass is 19.1. The lowest BCUT2D eigenvalue weighted by Crippen LogP contribution is -2.17. The van der Waals surface area contributed by atoms with E-state index in [1.807, 2.05) is 13.8 Å². The summed E-state index contributed by atoms with van der Waals surface area (Å²) in [4.78, 5) is 22.4. The summed E-state index contributed by atoms with van der Waals surface area (Å²) in [5.74, 6) is -2.25. The van der Waals surface area contributed by atoms with E-state index < -0.39 is 11.8 Å². The zero-order valence-corrected chi connectivity index (χ0v) is 10.2. The molecule has 1 unspecified atom stereocenters. The molecule has 1 aromatic rings. The number of anilines is 1. The Morgan fingerprint density at radius 1 is 1.44 bits per heavy atom. The van der Waals surface area contributed by atoms with Gasteiger partial charge in [0.1, 0.15) is 5.82 Å². The molecule has 96 valence electrons. The molecule has 5 heteroatoms. The molecule has 0 aliphatic heterocycles. The van der Waals surface area contributed by atoms with Gasteiger partial charge in [0.25, 0.3) is 0 Å². The van der Waals surface area contributed by atoms with E-state index in [4.69, 9.17) is 5.11 Å². The van der Waals surface area contributed by atoms with Gasteiger partial charge in [-0.2, -0.15) is 0 Å². The van der Waals surface area contributed by atoms with Crippen molar-refractivity contribution < 1.29 is 19.1 Å². The Balaban J connectivity index is 2.11. The van der Waals surface area contributed by atoms with Crippen LogP contribution >= 0.6 is 0 Å². The first-order valence-corrected chi connectivity index (χ1v) is 5.65. The van der Waals surface area contributed by atoms with Crippen LogP contribution in [0, 0.1) is 17.2 Å². The number of carbonyl (C=O) groups excluding carboxylic acids is 1. The second-order valence-corrected chi connectivity index (χ2v) is 5.23. The van der Waals surface area contributed by atoms with Crippen LogP contribution in [-0.2, 0) is 4.79 Å². The van der Waals surface area contributed by atoms with Crippen LogP contribution in [0.5, 0.6) is 0 Å². The van der Waals surface area contributed by atoms with Gasteiger partial charge in [0, 0.05) is 5.92 Å². The van der Waals surface area contributed by atoms with Gasteiger partial charge in [-0.1, -0.05) is 13.8 Å². The normalized spacial score (nSPS) is 20.3. The lowest BCUT2D eigenvalue weighted by atomic mass is 10.1. The van der Waals surface area contributed by atoms with Crippen molar-refractivity contribution in [2.75, 3.05) is 5.32 Å². The van der Waals surface area contributed by atoms with E-state index in [0.717, 1.165) is 12.5 Å². The van der Waals surface area contributed by atoms with Crippen LogP contribution in [-0.4, -0.2) is 17.0 Å². The fourth-order valence-corrected chi connectivity index (χ4v) is 1.88. The maximum atomic E-state index is 13.6. The summed E-state index contributed by atoms with van der Waals surface area (Å²) in [7, 11) is 0. The molecule has 4 nitrogen and oxygen atoms in total. The fraction of sp³-hybridized carbons (Fsp3) is 0.385. The lowest BCUT2D eigenvalue weighted by molar-refractivity contribution is -0.118. The number of aromatic carboxylic acids is 1. The molecule has 0 bridgehead atoms. The highest BCUT2D eigenvalue weighted by Gasteiger charge is 2.50. The topological polar surface area (TPSA) is 66.4 Å². The van der Waals surface area contributed by atoms with Gasteiger partial charge < -0.3 is 10.4 Å². The predicted molar refractivity (Wildman–Crippen MR) is 63.9 cm³/mol. The number of amides is 1. The van der Waals surface area contributed by atoms with Crippen molar-refractivity contribution in [1.29, 1.82) is 0 Å². The first-order valence-electron chi connectivity index (χ1n) is 5.65. The van der Waals surface area contributed by atoms with Crippen LogP contribution in [0.15, 0.2) is 18.2 Å².